The van der Waals surface area contributed by atoms with Crippen molar-refractivity contribution in [2.24, 2.45) is 11.8 Å². The standard InChI is InChI=1S/C34H45NO6/c1-3-4-22-34(2,40)23-12-16-29-28(30(36)24-31(29)37)15-10-5-6-11-17-32(38)41-27-20-18-26(19-21-27)35-33(39)25-13-8-7-9-14-25/h7-9,12-14,16,18-21,28-29,31,37,40H,3-6,10-11,15,17,22-24H2,1-2H3,(H,35,39)/b16-12+/t28-,29-,31-,34?/m1/s1. The van der Waals surface area contributed by atoms with Crippen LogP contribution in [0.3, 0.4) is 0 Å². The lowest BCUT2D eigenvalue weighted by Gasteiger charge is -2.22. The smallest absolute Gasteiger partial charge is 0.311 e. The zero-order valence-corrected chi connectivity index (χ0v) is 24.4. The van der Waals surface area contributed by atoms with Crippen LogP contribution in [0, 0.1) is 11.8 Å². The van der Waals surface area contributed by atoms with Gasteiger partial charge < -0.3 is 20.3 Å². The van der Waals surface area contributed by atoms with Gasteiger partial charge in [-0.25, -0.2) is 0 Å². The van der Waals surface area contributed by atoms with E-state index >= 15 is 0 Å². The molecule has 0 bridgehead atoms. The Morgan fingerprint density at radius 3 is 2.44 bits per heavy atom. The van der Waals surface area contributed by atoms with Gasteiger partial charge in [-0.3, -0.25) is 14.4 Å². The molecule has 1 aliphatic carbocycles. The molecule has 222 valence electrons. The molecule has 4 atom stereocenters. The van der Waals surface area contributed by atoms with Crippen LogP contribution in [0.2, 0.25) is 0 Å². The van der Waals surface area contributed by atoms with E-state index in [2.05, 4.69) is 12.2 Å². The Hall–Kier alpha value is -3.29. The zero-order chi connectivity index (χ0) is 29.7. The van der Waals surface area contributed by atoms with Crippen molar-refractivity contribution < 1.29 is 29.3 Å². The Balaban J connectivity index is 1.33. The number of carbonyl (C=O) groups is 3. The predicted octanol–water partition coefficient (Wildman–Crippen LogP) is 6.64. The van der Waals surface area contributed by atoms with Crippen molar-refractivity contribution in [3.05, 3.63) is 72.3 Å². The molecule has 2 aromatic rings. The van der Waals surface area contributed by atoms with E-state index in [1.807, 2.05) is 25.1 Å². The first-order valence-corrected chi connectivity index (χ1v) is 15.0. The number of aliphatic hydroxyl groups excluding tert-OH is 1. The molecule has 1 unspecified atom stereocenters. The number of aliphatic hydroxyl groups is 2. The lowest BCUT2D eigenvalue weighted by Crippen LogP contribution is -2.23. The van der Waals surface area contributed by atoms with Gasteiger partial charge in [0.1, 0.15) is 11.5 Å². The van der Waals surface area contributed by atoms with Crippen LogP contribution in [0.25, 0.3) is 0 Å². The van der Waals surface area contributed by atoms with Gasteiger partial charge in [0.25, 0.3) is 5.91 Å². The molecule has 0 aromatic heterocycles. The fraction of sp³-hybridized carbons (Fsp3) is 0.500. The summed E-state index contributed by atoms with van der Waals surface area (Å²) in [6, 6.07) is 15.6. The summed E-state index contributed by atoms with van der Waals surface area (Å²) in [5.74, 6) is -0.357. The van der Waals surface area contributed by atoms with Crippen LogP contribution in [-0.4, -0.2) is 39.6 Å². The van der Waals surface area contributed by atoms with Crippen LogP contribution in [-0.2, 0) is 9.59 Å². The van der Waals surface area contributed by atoms with Crippen molar-refractivity contribution in [1.82, 2.24) is 0 Å². The number of rotatable bonds is 16. The quantitative estimate of drug-likeness (QED) is 0.0914. The van der Waals surface area contributed by atoms with Crippen LogP contribution in [0.4, 0.5) is 5.69 Å². The normalized spacial score (nSPS) is 20.2. The number of anilines is 1. The maximum atomic E-state index is 12.5. The van der Waals surface area contributed by atoms with E-state index in [9.17, 15) is 24.6 Å². The lowest BCUT2D eigenvalue weighted by molar-refractivity contribution is -0.134. The van der Waals surface area contributed by atoms with Crippen molar-refractivity contribution in [1.29, 1.82) is 0 Å². The third kappa shape index (κ3) is 10.9. The molecule has 0 heterocycles. The summed E-state index contributed by atoms with van der Waals surface area (Å²) in [5, 5.41) is 23.7. The van der Waals surface area contributed by atoms with Gasteiger partial charge in [0.05, 0.1) is 11.7 Å². The van der Waals surface area contributed by atoms with Crippen LogP contribution in [0.1, 0.15) is 94.8 Å². The van der Waals surface area contributed by atoms with Gasteiger partial charge in [-0.1, -0.05) is 69.4 Å². The summed E-state index contributed by atoms with van der Waals surface area (Å²) in [5.41, 5.74) is 0.416. The topological polar surface area (TPSA) is 113 Å². The van der Waals surface area contributed by atoms with E-state index < -0.39 is 11.7 Å². The number of hydrogen-bond acceptors (Lipinski definition) is 6. The number of hydrogen-bond donors (Lipinski definition) is 3. The number of amides is 1. The molecule has 1 aliphatic rings. The number of ether oxygens (including phenoxy) is 1. The number of ketones is 1. The minimum absolute atomic E-state index is 0.110. The third-order valence-electron chi connectivity index (χ3n) is 7.74. The molecule has 0 aliphatic heterocycles. The summed E-state index contributed by atoms with van der Waals surface area (Å²) in [4.78, 5) is 37.0. The second-order valence-corrected chi connectivity index (χ2v) is 11.4. The lowest BCUT2D eigenvalue weighted by atomic mass is 9.87. The molecular formula is C34H45NO6. The SMILES string of the molecule is CCCCC(C)(O)C/C=C/[C@H]1[C@H](O)CC(=O)[C@@H]1CCCCCCC(=O)Oc1ccc(NC(=O)c2ccccc2)cc1. The van der Waals surface area contributed by atoms with E-state index in [-0.39, 0.29) is 35.9 Å². The molecule has 1 saturated carbocycles. The highest BCUT2D eigenvalue weighted by atomic mass is 16.5. The first-order chi connectivity index (χ1) is 19.7. The van der Waals surface area contributed by atoms with Crippen LogP contribution < -0.4 is 10.1 Å². The second-order valence-electron chi connectivity index (χ2n) is 11.4. The van der Waals surface area contributed by atoms with Crippen molar-refractivity contribution in [3.8, 4) is 5.75 Å². The van der Waals surface area contributed by atoms with E-state index in [1.54, 1.807) is 48.5 Å². The largest absolute Gasteiger partial charge is 0.427 e. The number of esters is 1. The summed E-state index contributed by atoms with van der Waals surface area (Å²) < 4.78 is 5.42. The molecule has 0 saturated heterocycles. The Morgan fingerprint density at radius 2 is 1.73 bits per heavy atom. The van der Waals surface area contributed by atoms with Gasteiger partial charge >= 0.3 is 5.97 Å². The van der Waals surface area contributed by atoms with Gasteiger partial charge in [-0.15, -0.1) is 0 Å². The van der Waals surface area contributed by atoms with Crippen LogP contribution >= 0.6 is 0 Å². The number of unbranched alkanes of at least 4 members (excludes halogenated alkanes) is 4. The van der Waals surface area contributed by atoms with E-state index in [4.69, 9.17) is 4.74 Å². The summed E-state index contributed by atoms with van der Waals surface area (Å²) >= 11 is 0. The first-order valence-electron chi connectivity index (χ1n) is 15.0. The molecular weight excluding hydrogens is 518 g/mol. The average molecular weight is 564 g/mol. The highest BCUT2D eigenvalue weighted by molar-refractivity contribution is 6.04. The number of nitrogens with one attached hydrogen (secondary N) is 1. The van der Waals surface area contributed by atoms with E-state index in [0.29, 0.717) is 42.7 Å². The molecule has 0 radical (unpaired) electrons. The van der Waals surface area contributed by atoms with Gasteiger partial charge in [-0.2, -0.15) is 0 Å². The predicted molar refractivity (Wildman–Crippen MR) is 161 cm³/mol. The Kier molecular flexibility index (Phi) is 12.8. The van der Waals surface area contributed by atoms with Gasteiger partial charge in [-0.05, 0) is 69.0 Å². The van der Waals surface area contributed by atoms with Crippen molar-refractivity contribution in [2.45, 2.75) is 96.2 Å². The maximum absolute atomic E-state index is 12.5. The van der Waals surface area contributed by atoms with Crippen molar-refractivity contribution in [3.63, 3.8) is 0 Å². The first kappa shape index (κ1) is 32.2. The number of benzene rings is 2. The molecule has 41 heavy (non-hydrogen) atoms. The highest BCUT2D eigenvalue weighted by Gasteiger charge is 2.39. The second kappa shape index (κ2) is 16.2. The fourth-order valence-corrected chi connectivity index (χ4v) is 5.30. The van der Waals surface area contributed by atoms with Crippen molar-refractivity contribution >= 4 is 23.3 Å². The third-order valence-corrected chi connectivity index (χ3v) is 7.74. The molecule has 0 spiro atoms. The molecule has 1 amide bonds. The monoisotopic (exact) mass is 563 g/mol. The molecule has 2 aromatic carbocycles. The molecule has 3 N–H and O–H groups in total. The van der Waals surface area contributed by atoms with Gasteiger partial charge in [0.15, 0.2) is 0 Å². The molecule has 1 fully saturated rings. The van der Waals surface area contributed by atoms with E-state index in [1.165, 1.54) is 0 Å². The highest BCUT2D eigenvalue weighted by Crippen LogP contribution is 2.35. The van der Waals surface area contributed by atoms with Crippen LogP contribution in [0.15, 0.2) is 66.7 Å². The Morgan fingerprint density at radius 1 is 1.02 bits per heavy atom. The Labute approximate surface area is 244 Å². The maximum Gasteiger partial charge on any atom is 0.311 e. The summed E-state index contributed by atoms with van der Waals surface area (Å²) in [7, 11) is 0. The fourth-order valence-electron chi connectivity index (χ4n) is 5.30. The number of Topliss-reactive ketones (excluding diaryl/α,β-unsaturated/α-hetero) is 1. The molecule has 3 rings (SSSR count). The van der Waals surface area contributed by atoms with E-state index in [0.717, 1.165) is 38.5 Å². The van der Waals surface area contributed by atoms with Crippen molar-refractivity contribution in [2.75, 3.05) is 5.32 Å². The van der Waals surface area contributed by atoms with Gasteiger partial charge in [0.2, 0.25) is 0 Å². The zero-order valence-electron chi connectivity index (χ0n) is 24.4. The minimum atomic E-state index is -0.764. The van der Waals surface area contributed by atoms with Gasteiger partial charge in [0, 0.05) is 35.9 Å². The Bertz CT molecular complexity index is 1140. The summed E-state index contributed by atoms with van der Waals surface area (Å²) in [6.45, 7) is 3.93. The molecule has 7 heteroatoms. The average Bonchev–Trinajstić information content (AvgIpc) is 3.22. The number of carbonyl (C=O) groups excluding carboxylic acids is 3. The molecule has 7 nitrogen and oxygen atoms in total. The summed E-state index contributed by atoms with van der Waals surface area (Å²) in [6.07, 6.45) is 11.0. The van der Waals surface area contributed by atoms with Crippen LogP contribution in [0.5, 0.6) is 5.75 Å². The minimum Gasteiger partial charge on any atom is -0.427 e.